The first-order chi connectivity index (χ1) is 15.7. The van der Waals surface area contributed by atoms with Gasteiger partial charge in [0.15, 0.2) is 0 Å². The minimum Gasteiger partial charge on any atom is -0.497 e. The van der Waals surface area contributed by atoms with Gasteiger partial charge in [0.05, 0.1) is 26.9 Å². The Morgan fingerprint density at radius 1 is 1.00 bits per heavy atom. The third kappa shape index (κ3) is 6.31. The first-order valence-electron chi connectivity index (χ1n) is 11.8. The number of ether oxygens (including phenoxy) is 2. The van der Waals surface area contributed by atoms with Gasteiger partial charge in [0, 0.05) is 31.4 Å². The second-order valence-electron chi connectivity index (χ2n) is 8.74. The quantitative estimate of drug-likeness (QED) is 0.707. The van der Waals surface area contributed by atoms with Crippen LogP contribution in [0.5, 0.6) is 5.75 Å². The van der Waals surface area contributed by atoms with E-state index in [0.717, 1.165) is 63.7 Å². The summed E-state index contributed by atoms with van der Waals surface area (Å²) in [6.07, 6.45) is 4.63. The normalized spacial score (nSPS) is 20.5. The molecule has 0 radical (unpaired) electrons. The van der Waals surface area contributed by atoms with Gasteiger partial charge in [-0.25, -0.2) is 0 Å². The molecule has 0 unspecified atom stereocenters. The van der Waals surface area contributed by atoms with Gasteiger partial charge < -0.3 is 14.8 Å². The van der Waals surface area contributed by atoms with Crippen molar-refractivity contribution in [3.63, 3.8) is 0 Å². The second-order valence-corrected chi connectivity index (χ2v) is 8.74. The lowest BCUT2D eigenvalue weighted by molar-refractivity contribution is -0.117. The molecule has 2 saturated heterocycles. The molecule has 6 nitrogen and oxygen atoms in total. The zero-order valence-electron chi connectivity index (χ0n) is 19.1. The second kappa shape index (κ2) is 11.5. The number of nitrogens with zero attached hydrogens (tertiary/aromatic N) is 2. The molecule has 172 valence electrons. The van der Waals surface area contributed by atoms with Gasteiger partial charge >= 0.3 is 0 Å². The van der Waals surface area contributed by atoms with Crippen LogP contribution < -0.4 is 10.1 Å². The monoisotopic (exact) mass is 437 g/mol. The Bertz CT molecular complexity index is 848. The average Bonchev–Trinajstić information content (AvgIpc) is 3.06. The number of anilines is 1. The van der Waals surface area contributed by atoms with Gasteiger partial charge in [0.1, 0.15) is 5.75 Å². The molecule has 1 N–H and O–H groups in total. The Labute approximate surface area is 191 Å². The summed E-state index contributed by atoms with van der Waals surface area (Å²) < 4.78 is 10.7. The highest BCUT2D eigenvalue weighted by molar-refractivity contribution is 5.92. The Balaban J connectivity index is 1.34. The van der Waals surface area contributed by atoms with Gasteiger partial charge in [0.25, 0.3) is 0 Å². The van der Waals surface area contributed by atoms with Crippen LogP contribution in [0, 0.1) is 0 Å². The molecule has 1 atom stereocenters. The molecule has 1 amide bonds. The smallest absolute Gasteiger partial charge is 0.238 e. The van der Waals surface area contributed by atoms with Crippen molar-refractivity contribution in [3.05, 3.63) is 59.7 Å². The first kappa shape index (κ1) is 22.8. The number of morpholine rings is 1. The molecule has 0 spiro atoms. The molecule has 2 aromatic rings. The number of rotatable bonds is 7. The van der Waals surface area contributed by atoms with Crippen LogP contribution in [-0.2, 0) is 16.1 Å². The van der Waals surface area contributed by atoms with Crippen molar-refractivity contribution >= 4 is 11.6 Å². The molecule has 2 heterocycles. The summed E-state index contributed by atoms with van der Waals surface area (Å²) in [5.74, 6) is 0.912. The van der Waals surface area contributed by atoms with Crippen molar-refractivity contribution in [2.75, 3.05) is 51.8 Å². The third-order valence-electron chi connectivity index (χ3n) is 6.46. The number of likely N-dealkylation sites (tertiary alicyclic amines) is 1. The van der Waals surface area contributed by atoms with E-state index in [1.54, 1.807) is 7.11 Å². The highest BCUT2D eigenvalue weighted by Crippen LogP contribution is 2.31. The summed E-state index contributed by atoms with van der Waals surface area (Å²) in [6.45, 7) is 5.85. The molecule has 32 heavy (non-hydrogen) atoms. The summed E-state index contributed by atoms with van der Waals surface area (Å²) in [5, 5.41) is 3.10. The molecule has 6 heteroatoms. The van der Waals surface area contributed by atoms with Crippen LogP contribution in [0.2, 0.25) is 0 Å². The molecule has 0 saturated carbocycles. The molecule has 0 aliphatic carbocycles. The number of carbonyl (C=O) groups excluding carboxylic acids is 1. The van der Waals surface area contributed by atoms with E-state index in [1.807, 2.05) is 24.3 Å². The van der Waals surface area contributed by atoms with E-state index in [1.165, 1.54) is 24.0 Å². The van der Waals surface area contributed by atoms with Crippen molar-refractivity contribution in [2.24, 2.45) is 0 Å². The van der Waals surface area contributed by atoms with E-state index in [0.29, 0.717) is 6.54 Å². The van der Waals surface area contributed by atoms with Gasteiger partial charge in [-0.1, -0.05) is 37.1 Å². The Kier molecular flexibility index (Phi) is 8.15. The van der Waals surface area contributed by atoms with Crippen LogP contribution in [0.1, 0.15) is 42.9 Å². The Morgan fingerprint density at radius 3 is 2.47 bits per heavy atom. The lowest BCUT2D eigenvalue weighted by Crippen LogP contribution is -2.36. The molecule has 0 bridgehead atoms. The van der Waals surface area contributed by atoms with Crippen molar-refractivity contribution in [1.29, 1.82) is 0 Å². The summed E-state index contributed by atoms with van der Waals surface area (Å²) >= 11 is 0. The van der Waals surface area contributed by atoms with Gasteiger partial charge in [-0.3, -0.25) is 14.6 Å². The number of methoxy groups -OCH3 is 1. The number of amides is 1. The minimum absolute atomic E-state index is 0.0475. The summed E-state index contributed by atoms with van der Waals surface area (Å²) in [4.78, 5) is 17.6. The molecular formula is C26H35N3O3. The van der Waals surface area contributed by atoms with E-state index in [-0.39, 0.29) is 11.9 Å². The molecule has 2 aliphatic rings. The largest absolute Gasteiger partial charge is 0.497 e. The predicted molar refractivity (Wildman–Crippen MR) is 127 cm³/mol. The number of nitrogens with one attached hydrogen (secondary N) is 1. The van der Waals surface area contributed by atoms with Crippen LogP contribution in [0.4, 0.5) is 5.69 Å². The number of hydrogen-bond donors (Lipinski definition) is 1. The maximum absolute atomic E-state index is 12.9. The number of hydrogen-bond acceptors (Lipinski definition) is 5. The van der Waals surface area contributed by atoms with Crippen LogP contribution in [0.15, 0.2) is 48.5 Å². The highest BCUT2D eigenvalue weighted by Gasteiger charge is 2.24. The van der Waals surface area contributed by atoms with Crippen molar-refractivity contribution < 1.29 is 14.3 Å². The van der Waals surface area contributed by atoms with Gasteiger partial charge in [-0.2, -0.15) is 0 Å². The van der Waals surface area contributed by atoms with Crippen LogP contribution in [-0.4, -0.2) is 62.2 Å². The molecule has 2 fully saturated rings. The molecule has 0 aromatic heterocycles. The van der Waals surface area contributed by atoms with Crippen LogP contribution >= 0.6 is 0 Å². The predicted octanol–water partition coefficient (Wildman–Crippen LogP) is 4.08. The van der Waals surface area contributed by atoms with Gasteiger partial charge in [-0.05, 0) is 54.8 Å². The molecule has 2 aliphatic heterocycles. The highest BCUT2D eigenvalue weighted by atomic mass is 16.5. The molecule has 4 rings (SSSR count). The Hall–Kier alpha value is -2.41. The minimum atomic E-state index is 0.0475. The van der Waals surface area contributed by atoms with Crippen molar-refractivity contribution in [2.45, 2.75) is 38.3 Å². The van der Waals surface area contributed by atoms with Gasteiger partial charge in [-0.15, -0.1) is 0 Å². The first-order valence-corrected chi connectivity index (χ1v) is 11.8. The maximum Gasteiger partial charge on any atom is 0.238 e. The zero-order chi connectivity index (χ0) is 22.2. The van der Waals surface area contributed by atoms with Crippen molar-refractivity contribution in [3.8, 4) is 5.75 Å². The lowest BCUT2D eigenvalue weighted by Gasteiger charge is -2.30. The van der Waals surface area contributed by atoms with E-state index in [9.17, 15) is 4.79 Å². The fourth-order valence-corrected chi connectivity index (χ4v) is 4.66. The van der Waals surface area contributed by atoms with Crippen LogP contribution in [0.3, 0.4) is 0 Å². The summed E-state index contributed by atoms with van der Waals surface area (Å²) in [5.41, 5.74) is 3.38. The zero-order valence-corrected chi connectivity index (χ0v) is 19.1. The SMILES string of the molecule is COc1ccc([C@@H]2CCCCCN2CC(=O)Nc2ccc(CN3CCOCC3)cc2)cc1. The van der Waals surface area contributed by atoms with E-state index in [4.69, 9.17) is 9.47 Å². The fraction of sp³-hybridized carbons (Fsp3) is 0.500. The van der Waals surface area contributed by atoms with Crippen LogP contribution in [0.25, 0.3) is 0 Å². The fourth-order valence-electron chi connectivity index (χ4n) is 4.66. The third-order valence-corrected chi connectivity index (χ3v) is 6.46. The maximum atomic E-state index is 12.9. The standard InChI is InChI=1S/C26H35N3O3/c1-31-24-12-8-22(9-13-24)25-5-3-2-4-14-29(25)20-26(30)27-23-10-6-21(7-11-23)19-28-15-17-32-18-16-28/h6-13,25H,2-5,14-20H2,1H3,(H,27,30)/t25-/m0/s1. The van der Waals surface area contributed by atoms with E-state index >= 15 is 0 Å². The van der Waals surface area contributed by atoms with Crippen molar-refractivity contribution in [1.82, 2.24) is 9.80 Å². The number of benzene rings is 2. The molecule has 2 aromatic carbocycles. The number of carbonyl (C=O) groups is 1. The summed E-state index contributed by atoms with van der Waals surface area (Å²) in [6, 6.07) is 16.8. The topological polar surface area (TPSA) is 54.0 Å². The summed E-state index contributed by atoms with van der Waals surface area (Å²) in [7, 11) is 1.69. The average molecular weight is 438 g/mol. The van der Waals surface area contributed by atoms with E-state index < -0.39 is 0 Å². The van der Waals surface area contributed by atoms with E-state index in [2.05, 4.69) is 39.4 Å². The lowest BCUT2D eigenvalue weighted by atomic mass is 10.0. The van der Waals surface area contributed by atoms with Gasteiger partial charge in [0.2, 0.25) is 5.91 Å². The Morgan fingerprint density at radius 2 is 1.75 bits per heavy atom. The molecular weight excluding hydrogens is 402 g/mol.